The molecule has 4 nitrogen and oxygen atoms in total. The Kier molecular flexibility index (Phi) is 2.55. The van der Waals surface area contributed by atoms with E-state index in [0.29, 0.717) is 12.1 Å². The van der Waals surface area contributed by atoms with Gasteiger partial charge in [-0.15, -0.1) is 0 Å². The van der Waals surface area contributed by atoms with Crippen LogP contribution in [-0.4, -0.2) is 24.0 Å². The summed E-state index contributed by atoms with van der Waals surface area (Å²) < 4.78 is 0. The lowest BCUT2D eigenvalue weighted by Gasteiger charge is -2.13. The number of urea groups is 1. The molecule has 0 bridgehead atoms. The van der Waals surface area contributed by atoms with Crippen molar-refractivity contribution in [2.45, 2.75) is 6.54 Å². The van der Waals surface area contributed by atoms with Crippen LogP contribution in [0, 0.1) is 11.3 Å². The Bertz CT molecular complexity index is 405. The van der Waals surface area contributed by atoms with E-state index in [-0.39, 0.29) is 6.03 Å². The molecule has 0 spiro atoms. The molecule has 1 aromatic rings. The predicted molar refractivity (Wildman–Crippen MR) is 55.0 cm³/mol. The third-order valence-corrected chi connectivity index (χ3v) is 2.40. The van der Waals surface area contributed by atoms with Gasteiger partial charge in [0.1, 0.15) is 0 Å². The summed E-state index contributed by atoms with van der Waals surface area (Å²) in [5.41, 5.74) is 1.69. The number of hydrogen-bond acceptors (Lipinski definition) is 2. The molecule has 2 amide bonds. The van der Waals surface area contributed by atoms with E-state index < -0.39 is 0 Å². The van der Waals surface area contributed by atoms with Crippen molar-refractivity contribution >= 4 is 6.03 Å². The molecule has 1 aliphatic heterocycles. The van der Waals surface area contributed by atoms with Crippen LogP contribution in [0.25, 0.3) is 0 Å². The number of carbonyl (C=O) groups excluding carboxylic acids is 1. The molecule has 15 heavy (non-hydrogen) atoms. The van der Waals surface area contributed by atoms with E-state index in [1.807, 2.05) is 12.1 Å². The maximum atomic E-state index is 11.3. The molecule has 4 heteroatoms. The number of nitrogens with one attached hydrogen (secondary N) is 1. The van der Waals surface area contributed by atoms with Crippen LogP contribution in [0.4, 0.5) is 4.79 Å². The van der Waals surface area contributed by atoms with Gasteiger partial charge in [-0.05, 0) is 17.7 Å². The maximum Gasteiger partial charge on any atom is 0.317 e. The second-order valence-electron chi connectivity index (χ2n) is 3.46. The van der Waals surface area contributed by atoms with Gasteiger partial charge in [-0.3, -0.25) is 0 Å². The summed E-state index contributed by atoms with van der Waals surface area (Å²) in [4.78, 5) is 13.0. The summed E-state index contributed by atoms with van der Waals surface area (Å²) >= 11 is 0. The van der Waals surface area contributed by atoms with Crippen molar-refractivity contribution in [2.75, 3.05) is 13.1 Å². The summed E-state index contributed by atoms with van der Waals surface area (Å²) in [6.45, 7) is 2.07. The van der Waals surface area contributed by atoms with E-state index >= 15 is 0 Å². The quantitative estimate of drug-likeness (QED) is 0.778. The maximum absolute atomic E-state index is 11.3. The van der Waals surface area contributed by atoms with Gasteiger partial charge in [-0.25, -0.2) is 4.79 Å². The predicted octanol–water partition coefficient (Wildman–Crippen LogP) is 1.08. The van der Waals surface area contributed by atoms with Gasteiger partial charge < -0.3 is 10.2 Å². The molecule has 0 radical (unpaired) electrons. The second kappa shape index (κ2) is 4.01. The fraction of sp³-hybridized carbons (Fsp3) is 0.273. The highest BCUT2D eigenvalue weighted by Gasteiger charge is 2.18. The number of carbonyl (C=O) groups is 1. The molecule has 2 rings (SSSR count). The number of rotatable bonds is 2. The summed E-state index contributed by atoms with van der Waals surface area (Å²) in [7, 11) is 0. The Balaban J connectivity index is 2.05. The normalized spacial score (nSPS) is 14.9. The third-order valence-electron chi connectivity index (χ3n) is 2.40. The minimum absolute atomic E-state index is 0.0145. The summed E-state index contributed by atoms with van der Waals surface area (Å²) in [6.07, 6.45) is 0. The van der Waals surface area contributed by atoms with E-state index in [2.05, 4.69) is 11.4 Å². The lowest BCUT2D eigenvalue weighted by molar-refractivity contribution is 0.215. The van der Waals surface area contributed by atoms with Crippen molar-refractivity contribution in [1.82, 2.24) is 10.2 Å². The van der Waals surface area contributed by atoms with E-state index in [4.69, 9.17) is 5.26 Å². The van der Waals surface area contributed by atoms with Crippen molar-refractivity contribution in [1.29, 1.82) is 5.26 Å². The second-order valence-corrected chi connectivity index (χ2v) is 3.46. The number of hydrogen-bond donors (Lipinski definition) is 1. The van der Waals surface area contributed by atoms with Crippen molar-refractivity contribution < 1.29 is 4.79 Å². The van der Waals surface area contributed by atoms with Crippen LogP contribution in [0.15, 0.2) is 24.3 Å². The van der Waals surface area contributed by atoms with Crippen molar-refractivity contribution in [2.24, 2.45) is 0 Å². The molecule has 0 saturated carbocycles. The van der Waals surface area contributed by atoms with Crippen molar-refractivity contribution in [3.8, 4) is 6.07 Å². The Morgan fingerprint density at radius 2 is 2.13 bits per heavy atom. The minimum atomic E-state index is -0.0145. The molecule has 1 aromatic carbocycles. The highest BCUT2D eigenvalue weighted by Crippen LogP contribution is 2.08. The van der Waals surface area contributed by atoms with Gasteiger partial charge in [-0.2, -0.15) is 5.26 Å². The molecule has 0 aliphatic carbocycles. The Labute approximate surface area is 88.1 Å². The van der Waals surface area contributed by atoms with Crippen molar-refractivity contribution in [3.05, 3.63) is 35.4 Å². The van der Waals surface area contributed by atoms with Crippen molar-refractivity contribution in [3.63, 3.8) is 0 Å². The van der Waals surface area contributed by atoms with Gasteiger partial charge >= 0.3 is 6.03 Å². The van der Waals surface area contributed by atoms with Crippen LogP contribution >= 0.6 is 0 Å². The first-order chi connectivity index (χ1) is 7.29. The van der Waals surface area contributed by atoms with Gasteiger partial charge in [-0.1, -0.05) is 12.1 Å². The Hall–Kier alpha value is -2.02. The van der Waals surface area contributed by atoms with Crippen LogP contribution in [0.1, 0.15) is 11.1 Å². The van der Waals surface area contributed by atoms with Gasteiger partial charge in [0.2, 0.25) is 0 Å². The van der Waals surface area contributed by atoms with Gasteiger partial charge in [0.15, 0.2) is 0 Å². The molecule has 1 aliphatic rings. The molecule has 1 fully saturated rings. The number of amides is 2. The highest BCUT2D eigenvalue weighted by molar-refractivity contribution is 5.76. The van der Waals surface area contributed by atoms with E-state index in [1.165, 1.54) is 0 Å². The topological polar surface area (TPSA) is 56.1 Å². The van der Waals surface area contributed by atoms with Crippen LogP contribution in [-0.2, 0) is 6.54 Å². The van der Waals surface area contributed by atoms with E-state index in [1.54, 1.807) is 17.0 Å². The van der Waals surface area contributed by atoms with Crippen LogP contribution in [0.5, 0.6) is 0 Å². The summed E-state index contributed by atoms with van der Waals surface area (Å²) in [6, 6.07) is 9.34. The Morgan fingerprint density at radius 1 is 1.40 bits per heavy atom. The average molecular weight is 201 g/mol. The fourth-order valence-electron chi connectivity index (χ4n) is 1.57. The SMILES string of the molecule is N#Cc1ccc(CN2CCNC2=O)cc1. The fourth-order valence-corrected chi connectivity index (χ4v) is 1.57. The van der Waals surface area contributed by atoms with Gasteiger partial charge in [0, 0.05) is 19.6 Å². The molecule has 1 saturated heterocycles. The zero-order valence-electron chi connectivity index (χ0n) is 8.23. The van der Waals surface area contributed by atoms with E-state index in [9.17, 15) is 4.79 Å². The minimum Gasteiger partial charge on any atom is -0.336 e. The first-order valence-corrected chi connectivity index (χ1v) is 4.81. The van der Waals surface area contributed by atoms with E-state index in [0.717, 1.165) is 18.7 Å². The summed E-state index contributed by atoms with van der Waals surface area (Å²) in [5, 5.41) is 11.4. The zero-order chi connectivity index (χ0) is 10.7. The summed E-state index contributed by atoms with van der Waals surface area (Å²) in [5.74, 6) is 0. The lowest BCUT2D eigenvalue weighted by atomic mass is 10.1. The molecule has 76 valence electrons. The number of nitriles is 1. The monoisotopic (exact) mass is 201 g/mol. The lowest BCUT2D eigenvalue weighted by Crippen LogP contribution is -2.27. The average Bonchev–Trinajstić information content (AvgIpc) is 2.66. The molecule has 1 N–H and O–H groups in total. The first-order valence-electron chi connectivity index (χ1n) is 4.81. The molecular formula is C11H11N3O. The number of benzene rings is 1. The Morgan fingerprint density at radius 3 is 2.67 bits per heavy atom. The first kappa shape index (κ1) is 9.53. The molecular weight excluding hydrogens is 190 g/mol. The standard InChI is InChI=1S/C11H11N3O/c12-7-9-1-3-10(4-2-9)8-14-6-5-13-11(14)15/h1-4H,5-6,8H2,(H,13,15). The van der Waals surface area contributed by atoms with Crippen LogP contribution < -0.4 is 5.32 Å². The molecule has 0 unspecified atom stereocenters. The van der Waals surface area contributed by atoms with Crippen LogP contribution in [0.2, 0.25) is 0 Å². The molecule has 1 heterocycles. The largest absolute Gasteiger partial charge is 0.336 e. The van der Waals surface area contributed by atoms with Gasteiger partial charge in [0.25, 0.3) is 0 Å². The number of nitrogens with zero attached hydrogens (tertiary/aromatic N) is 2. The smallest absolute Gasteiger partial charge is 0.317 e. The molecule has 0 atom stereocenters. The highest BCUT2D eigenvalue weighted by atomic mass is 16.2. The van der Waals surface area contributed by atoms with Gasteiger partial charge in [0.05, 0.1) is 11.6 Å². The zero-order valence-corrected chi connectivity index (χ0v) is 8.23. The molecule has 0 aromatic heterocycles. The third kappa shape index (κ3) is 2.08. The van der Waals surface area contributed by atoms with Crippen LogP contribution in [0.3, 0.4) is 0 Å².